The first kappa shape index (κ1) is 22.7. The molecule has 1 unspecified atom stereocenters. The molecular formula is C21H28N2O5S. The van der Waals surface area contributed by atoms with Gasteiger partial charge in [0.15, 0.2) is 6.61 Å². The number of amides is 1. The van der Waals surface area contributed by atoms with Gasteiger partial charge in [0.2, 0.25) is 10.0 Å². The fourth-order valence-electron chi connectivity index (χ4n) is 2.67. The number of carbonyl (C=O) groups is 1. The average Bonchev–Trinajstić information content (AvgIpc) is 2.71. The lowest BCUT2D eigenvalue weighted by molar-refractivity contribution is -0.123. The van der Waals surface area contributed by atoms with E-state index in [2.05, 4.69) is 10.0 Å². The average molecular weight is 421 g/mol. The Hall–Kier alpha value is -2.58. The van der Waals surface area contributed by atoms with Gasteiger partial charge in [-0.1, -0.05) is 19.1 Å². The maximum Gasteiger partial charge on any atom is 0.258 e. The smallest absolute Gasteiger partial charge is 0.258 e. The largest absolute Gasteiger partial charge is 0.497 e. The van der Waals surface area contributed by atoms with Gasteiger partial charge in [-0.3, -0.25) is 4.79 Å². The highest BCUT2D eigenvalue weighted by atomic mass is 32.2. The monoisotopic (exact) mass is 420 g/mol. The SMILES string of the molecule is CCCNS(=O)(=O)c1ccc(OCC(=O)NC(C)c2ccc(OC)cc2)c(C)c1. The van der Waals surface area contributed by atoms with Crippen molar-refractivity contribution in [2.45, 2.75) is 38.1 Å². The number of aryl methyl sites for hydroxylation is 1. The second kappa shape index (κ2) is 10.3. The van der Waals surface area contributed by atoms with Crippen molar-refractivity contribution in [1.29, 1.82) is 0 Å². The van der Waals surface area contributed by atoms with Crippen LogP contribution in [0.1, 0.15) is 37.4 Å². The van der Waals surface area contributed by atoms with Gasteiger partial charge in [0.1, 0.15) is 11.5 Å². The number of rotatable bonds is 10. The molecule has 2 rings (SSSR count). The van der Waals surface area contributed by atoms with Crippen molar-refractivity contribution in [3.63, 3.8) is 0 Å². The Morgan fingerprint density at radius 2 is 1.83 bits per heavy atom. The molecule has 0 spiro atoms. The number of ether oxygens (including phenoxy) is 2. The van der Waals surface area contributed by atoms with Gasteiger partial charge in [0, 0.05) is 6.54 Å². The second-order valence-corrected chi connectivity index (χ2v) is 8.44. The van der Waals surface area contributed by atoms with Crippen LogP contribution in [-0.4, -0.2) is 34.6 Å². The topological polar surface area (TPSA) is 93.7 Å². The summed E-state index contributed by atoms with van der Waals surface area (Å²) in [6.07, 6.45) is 0.712. The van der Waals surface area contributed by atoms with Crippen LogP contribution in [0.3, 0.4) is 0 Å². The Morgan fingerprint density at radius 1 is 1.14 bits per heavy atom. The van der Waals surface area contributed by atoms with Crippen LogP contribution in [-0.2, 0) is 14.8 Å². The molecule has 0 fully saturated rings. The minimum absolute atomic E-state index is 0.165. The first-order valence-corrected chi connectivity index (χ1v) is 10.9. The van der Waals surface area contributed by atoms with Gasteiger partial charge < -0.3 is 14.8 Å². The van der Waals surface area contributed by atoms with Crippen LogP contribution in [0, 0.1) is 6.92 Å². The van der Waals surface area contributed by atoms with Crippen molar-refractivity contribution in [2.24, 2.45) is 0 Å². The summed E-state index contributed by atoms with van der Waals surface area (Å²) in [5.74, 6) is 0.946. The first-order chi connectivity index (χ1) is 13.8. The minimum atomic E-state index is -3.54. The Bertz CT molecular complexity index is 927. The molecule has 0 saturated carbocycles. The third-order valence-electron chi connectivity index (χ3n) is 4.35. The molecule has 0 aromatic heterocycles. The first-order valence-electron chi connectivity index (χ1n) is 9.43. The van der Waals surface area contributed by atoms with Gasteiger partial charge in [-0.15, -0.1) is 0 Å². The van der Waals surface area contributed by atoms with E-state index in [1.54, 1.807) is 20.1 Å². The predicted molar refractivity (Wildman–Crippen MR) is 112 cm³/mol. The molecule has 7 nitrogen and oxygen atoms in total. The number of nitrogens with one attached hydrogen (secondary N) is 2. The molecule has 158 valence electrons. The van der Waals surface area contributed by atoms with Gasteiger partial charge in [-0.25, -0.2) is 13.1 Å². The van der Waals surface area contributed by atoms with Crippen LogP contribution in [0.25, 0.3) is 0 Å². The Kier molecular flexibility index (Phi) is 8.04. The number of benzene rings is 2. The van der Waals surface area contributed by atoms with Crippen molar-refractivity contribution >= 4 is 15.9 Å². The summed E-state index contributed by atoms with van der Waals surface area (Å²) < 4.78 is 37.6. The summed E-state index contributed by atoms with van der Waals surface area (Å²) in [5.41, 5.74) is 1.59. The zero-order valence-electron chi connectivity index (χ0n) is 17.2. The van der Waals surface area contributed by atoms with E-state index in [-0.39, 0.29) is 23.5 Å². The van der Waals surface area contributed by atoms with E-state index in [1.165, 1.54) is 12.1 Å². The highest BCUT2D eigenvalue weighted by Crippen LogP contribution is 2.22. The van der Waals surface area contributed by atoms with Crippen LogP contribution in [0.2, 0.25) is 0 Å². The molecule has 0 bridgehead atoms. The third kappa shape index (κ3) is 6.47. The molecule has 0 aliphatic carbocycles. The van der Waals surface area contributed by atoms with Gasteiger partial charge in [0.25, 0.3) is 5.91 Å². The maximum absolute atomic E-state index is 12.2. The lowest BCUT2D eigenvalue weighted by Gasteiger charge is -2.16. The molecule has 2 aromatic carbocycles. The summed E-state index contributed by atoms with van der Waals surface area (Å²) in [6.45, 7) is 5.74. The third-order valence-corrected chi connectivity index (χ3v) is 5.81. The molecular weight excluding hydrogens is 392 g/mol. The van der Waals surface area contributed by atoms with E-state index < -0.39 is 10.0 Å². The molecule has 0 heterocycles. The van der Waals surface area contributed by atoms with E-state index in [0.717, 1.165) is 11.3 Å². The summed E-state index contributed by atoms with van der Waals surface area (Å²) in [5, 5.41) is 2.87. The van der Waals surface area contributed by atoms with Crippen LogP contribution in [0.5, 0.6) is 11.5 Å². The normalized spacial score (nSPS) is 12.3. The number of hydrogen-bond acceptors (Lipinski definition) is 5. The molecule has 2 N–H and O–H groups in total. The molecule has 0 aliphatic rings. The lowest BCUT2D eigenvalue weighted by Crippen LogP contribution is -2.31. The second-order valence-electron chi connectivity index (χ2n) is 6.68. The van der Waals surface area contributed by atoms with E-state index in [1.807, 2.05) is 38.1 Å². The highest BCUT2D eigenvalue weighted by Gasteiger charge is 2.15. The molecule has 0 saturated heterocycles. The fourth-order valence-corrected chi connectivity index (χ4v) is 3.89. The molecule has 0 aliphatic heterocycles. The van der Waals surface area contributed by atoms with E-state index in [0.29, 0.717) is 24.3 Å². The molecule has 0 radical (unpaired) electrons. The standard InChI is InChI=1S/C21H28N2O5S/c1-5-12-22-29(25,26)19-10-11-20(15(2)13-19)28-14-21(24)23-16(3)17-6-8-18(27-4)9-7-17/h6-11,13,16,22H,5,12,14H2,1-4H3,(H,23,24). The van der Waals surface area contributed by atoms with Gasteiger partial charge >= 0.3 is 0 Å². The number of hydrogen-bond donors (Lipinski definition) is 2. The quantitative estimate of drug-likeness (QED) is 0.616. The Morgan fingerprint density at radius 3 is 2.41 bits per heavy atom. The van der Waals surface area contributed by atoms with E-state index >= 15 is 0 Å². The number of sulfonamides is 1. The maximum atomic E-state index is 12.2. The zero-order chi connectivity index (χ0) is 21.4. The van der Waals surface area contributed by atoms with Crippen LogP contribution < -0.4 is 19.5 Å². The van der Waals surface area contributed by atoms with Crippen molar-refractivity contribution in [1.82, 2.24) is 10.0 Å². The summed E-state index contributed by atoms with van der Waals surface area (Å²) in [4.78, 5) is 12.4. The predicted octanol–water partition coefficient (Wildman–Crippen LogP) is 2.95. The summed E-state index contributed by atoms with van der Waals surface area (Å²) in [6, 6.07) is 11.8. The minimum Gasteiger partial charge on any atom is -0.497 e. The van der Waals surface area contributed by atoms with Gasteiger partial charge in [0.05, 0.1) is 18.0 Å². The zero-order valence-corrected chi connectivity index (χ0v) is 18.0. The molecule has 8 heteroatoms. The number of carbonyl (C=O) groups excluding carboxylic acids is 1. The lowest BCUT2D eigenvalue weighted by atomic mass is 10.1. The van der Waals surface area contributed by atoms with E-state index in [9.17, 15) is 13.2 Å². The van der Waals surface area contributed by atoms with E-state index in [4.69, 9.17) is 9.47 Å². The number of methoxy groups -OCH3 is 1. The van der Waals surface area contributed by atoms with Crippen molar-refractivity contribution in [3.05, 3.63) is 53.6 Å². The van der Waals surface area contributed by atoms with Crippen LogP contribution in [0.15, 0.2) is 47.4 Å². The Labute approximate surface area is 172 Å². The van der Waals surface area contributed by atoms with Gasteiger partial charge in [-0.05, 0) is 61.7 Å². The van der Waals surface area contributed by atoms with Crippen LogP contribution >= 0.6 is 0 Å². The summed E-state index contributed by atoms with van der Waals surface area (Å²) >= 11 is 0. The fraction of sp³-hybridized carbons (Fsp3) is 0.381. The summed E-state index contributed by atoms with van der Waals surface area (Å²) in [7, 11) is -1.94. The van der Waals surface area contributed by atoms with Gasteiger partial charge in [-0.2, -0.15) is 0 Å². The van der Waals surface area contributed by atoms with Crippen molar-refractivity contribution in [3.8, 4) is 11.5 Å². The molecule has 1 amide bonds. The molecule has 2 aromatic rings. The Balaban J connectivity index is 1.94. The van der Waals surface area contributed by atoms with Crippen molar-refractivity contribution < 1.29 is 22.7 Å². The van der Waals surface area contributed by atoms with Crippen molar-refractivity contribution in [2.75, 3.05) is 20.3 Å². The highest BCUT2D eigenvalue weighted by molar-refractivity contribution is 7.89. The molecule has 29 heavy (non-hydrogen) atoms. The van der Waals surface area contributed by atoms with Crippen LogP contribution in [0.4, 0.5) is 0 Å². The molecule has 1 atom stereocenters.